The van der Waals surface area contributed by atoms with E-state index in [1.807, 2.05) is 48.5 Å². The zero-order valence-corrected chi connectivity index (χ0v) is 17.9. The smallest absolute Gasteiger partial charge is 0.369 e. The largest absolute Gasteiger partial charge is 0.394 e. The van der Waals surface area contributed by atoms with Crippen molar-refractivity contribution in [2.24, 2.45) is 21.5 Å². The van der Waals surface area contributed by atoms with E-state index in [2.05, 4.69) is 44.9 Å². The molecule has 2 aliphatic rings. The average Bonchev–Trinajstić information content (AvgIpc) is 2.73. The van der Waals surface area contributed by atoms with Crippen LogP contribution in [-0.2, 0) is 10.4 Å². The van der Waals surface area contributed by atoms with Crippen LogP contribution >= 0.6 is 0 Å². The van der Waals surface area contributed by atoms with Crippen molar-refractivity contribution in [1.82, 2.24) is 0 Å². The van der Waals surface area contributed by atoms with Gasteiger partial charge in [-0.3, -0.25) is 9.11 Å². The summed E-state index contributed by atoms with van der Waals surface area (Å²) in [6, 6.07) is 24.2. The monoisotopic (exact) mass is 464 g/mol. The van der Waals surface area contributed by atoms with E-state index in [9.17, 15) is 0 Å². The van der Waals surface area contributed by atoms with Crippen LogP contribution in [0.25, 0.3) is 21.5 Å². The molecule has 0 saturated carbocycles. The highest BCUT2D eigenvalue weighted by atomic mass is 32.3. The lowest BCUT2D eigenvalue weighted by molar-refractivity contribution is 0.381. The number of benzene rings is 4. The van der Waals surface area contributed by atoms with Crippen molar-refractivity contribution in [3.63, 3.8) is 0 Å². The number of aliphatic imine (C=N–C) groups is 2. The molecule has 0 saturated heterocycles. The Kier molecular flexibility index (Phi) is 5.84. The fourth-order valence-electron chi connectivity index (χ4n) is 3.63. The van der Waals surface area contributed by atoms with Gasteiger partial charge in [0, 0.05) is 10.8 Å². The molecule has 8 N–H and O–H groups in total. The first-order valence-electron chi connectivity index (χ1n) is 9.65. The normalized spacial score (nSPS) is 13.3. The number of nitrogens with zero attached hydrogens (tertiary/aromatic N) is 2. The van der Waals surface area contributed by atoms with E-state index in [0.717, 1.165) is 33.5 Å². The number of nitrogens with one attached hydrogen (secondary N) is 2. The molecule has 2 aliphatic heterocycles. The van der Waals surface area contributed by atoms with E-state index >= 15 is 0 Å². The molecule has 0 unspecified atom stereocenters. The van der Waals surface area contributed by atoms with E-state index in [4.69, 9.17) is 29.0 Å². The van der Waals surface area contributed by atoms with E-state index in [0.29, 0.717) is 11.9 Å². The first kappa shape index (κ1) is 22.0. The summed E-state index contributed by atoms with van der Waals surface area (Å²) in [5, 5.41) is 10.8. The number of nitrogens with two attached hydrogens (primary N) is 2. The number of guanidine groups is 2. The summed E-state index contributed by atoms with van der Waals surface area (Å²) in [6.45, 7) is 0. The summed E-state index contributed by atoms with van der Waals surface area (Å²) in [7, 11) is -4.67. The average molecular weight is 465 g/mol. The molecule has 168 valence electrons. The molecule has 4 aromatic rings. The lowest BCUT2D eigenvalue weighted by atomic mass is 10.1. The van der Waals surface area contributed by atoms with E-state index in [1.54, 1.807) is 0 Å². The number of hydrogen-bond donors (Lipinski definition) is 6. The van der Waals surface area contributed by atoms with Crippen molar-refractivity contribution in [1.29, 1.82) is 0 Å². The quantitative estimate of drug-likeness (QED) is 0.213. The van der Waals surface area contributed by atoms with Gasteiger partial charge in [0.2, 0.25) is 0 Å². The summed E-state index contributed by atoms with van der Waals surface area (Å²) in [5.74, 6) is 0.910. The minimum Gasteiger partial charge on any atom is -0.369 e. The maximum absolute atomic E-state index is 8.74. The topological polar surface area (TPSA) is 175 Å². The van der Waals surface area contributed by atoms with Crippen molar-refractivity contribution in [2.45, 2.75) is 0 Å². The molecule has 0 aromatic heterocycles. The van der Waals surface area contributed by atoms with Crippen LogP contribution in [0.4, 0.5) is 22.7 Å². The molecule has 0 aliphatic carbocycles. The first-order chi connectivity index (χ1) is 15.7. The van der Waals surface area contributed by atoms with Crippen LogP contribution < -0.4 is 22.1 Å². The van der Waals surface area contributed by atoms with Gasteiger partial charge in [-0.15, -0.1) is 0 Å². The number of hydrogen-bond acceptors (Lipinski definition) is 8. The van der Waals surface area contributed by atoms with E-state index in [1.165, 1.54) is 10.8 Å². The fourth-order valence-corrected chi connectivity index (χ4v) is 3.63. The zero-order chi connectivity index (χ0) is 23.6. The maximum Gasteiger partial charge on any atom is 0.394 e. The molecule has 0 spiro atoms. The van der Waals surface area contributed by atoms with Crippen LogP contribution in [0.5, 0.6) is 0 Å². The van der Waals surface area contributed by atoms with Gasteiger partial charge in [-0.1, -0.05) is 48.5 Å². The van der Waals surface area contributed by atoms with Gasteiger partial charge in [-0.2, -0.15) is 8.42 Å². The summed E-state index contributed by atoms with van der Waals surface area (Å²) in [4.78, 5) is 8.49. The van der Waals surface area contributed by atoms with Gasteiger partial charge in [0.15, 0.2) is 11.9 Å². The molecule has 6 rings (SSSR count). The zero-order valence-electron chi connectivity index (χ0n) is 17.1. The maximum atomic E-state index is 8.74. The van der Waals surface area contributed by atoms with Gasteiger partial charge in [-0.25, -0.2) is 9.98 Å². The molecule has 33 heavy (non-hydrogen) atoms. The molecule has 0 amide bonds. The van der Waals surface area contributed by atoms with Gasteiger partial charge in [0.25, 0.3) is 0 Å². The highest BCUT2D eigenvalue weighted by Gasteiger charge is 2.12. The summed E-state index contributed by atoms with van der Waals surface area (Å²) >= 11 is 0. The third-order valence-electron chi connectivity index (χ3n) is 4.77. The van der Waals surface area contributed by atoms with Crippen molar-refractivity contribution >= 4 is 66.6 Å². The Hall–Kier alpha value is -4.19. The molecule has 0 fully saturated rings. The van der Waals surface area contributed by atoms with Gasteiger partial charge in [-0.05, 0) is 35.0 Å². The first-order valence-corrected chi connectivity index (χ1v) is 11.0. The highest BCUT2D eigenvalue weighted by molar-refractivity contribution is 7.79. The van der Waals surface area contributed by atoms with Crippen LogP contribution in [0.3, 0.4) is 0 Å². The van der Waals surface area contributed by atoms with Crippen molar-refractivity contribution in [3.8, 4) is 0 Å². The summed E-state index contributed by atoms with van der Waals surface area (Å²) < 4.78 is 31.6. The Morgan fingerprint density at radius 2 is 0.970 bits per heavy atom. The third kappa shape index (κ3) is 5.18. The van der Waals surface area contributed by atoms with Gasteiger partial charge in [0.1, 0.15) is 0 Å². The third-order valence-corrected chi connectivity index (χ3v) is 4.77. The number of anilines is 2. The molecule has 0 bridgehead atoms. The van der Waals surface area contributed by atoms with Crippen LogP contribution in [0.15, 0.2) is 82.8 Å². The Bertz CT molecular complexity index is 1410. The molecule has 4 aromatic carbocycles. The SMILES string of the molecule is NC1=Nc2cccc3cccc(c23)N1.NC1=Nc2cccc3cccc(c23)N1.O=S(=O)(O)O. The van der Waals surface area contributed by atoms with Gasteiger partial charge >= 0.3 is 10.4 Å². The predicted octanol–water partition coefficient (Wildman–Crippen LogP) is 3.77. The number of rotatable bonds is 0. The van der Waals surface area contributed by atoms with Crippen LogP contribution in [0.1, 0.15) is 0 Å². The van der Waals surface area contributed by atoms with Gasteiger partial charge in [0.05, 0.1) is 22.7 Å². The Morgan fingerprint density at radius 3 is 1.33 bits per heavy atom. The molecular formula is C22H20N6O4S. The van der Waals surface area contributed by atoms with Gasteiger partial charge < -0.3 is 22.1 Å². The van der Waals surface area contributed by atoms with Crippen molar-refractivity contribution < 1.29 is 17.5 Å². The fraction of sp³-hybridized carbons (Fsp3) is 0. The molecule has 2 heterocycles. The second kappa shape index (κ2) is 8.74. The molecule has 11 heteroatoms. The standard InChI is InChI=1S/2C11H9N3.H2O4S/c2*12-11-13-8-5-1-3-7-4-2-6-9(14-11)10(7)8;1-5(2,3)4/h2*1-6H,(H3,12,13,14);(H2,1,2,3,4). The minimum absolute atomic E-state index is 0.455. The van der Waals surface area contributed by atoms with Crippen LogP contribution in [-0.4, -0.2) is 29.4 Å². The lowest BCUT2D eigenvalue weighted by Crippen LogP contribution is -2.23. The summed E-state index contributed by atoms with van der Waals surface area (Å²) in [5.41, 5.74) is 15.3. The highest BCUT2D eigenvalue weighted by Crippen LogP contribution is 2.35. The molecule has 10 nitrogen and oxygen atoms in total. The second-order valence-corrected chi connectivity index (χ2v) is 7.95. The lowest BCUT2D eigenvalue weighted by Gasteiger charge is -2.15. The summed E-state index contributed by atoms with van der Waals surface area (Å²) in [6.07, 6.45) is 0. The molecule has 0 radical (unpaired) electrons. The Morgan fingerprint density at radius 1 is 0.636 bits per heavy atom. The van der Waals surface area contributed by atoms with E-state index in [-0.39, 0.29) is 0 Å². The van der Waals surface area contributed by atoms with Crippen molar-refractivity contribution in [3.05, 3.63) is 72.8 Å². The molecular weight excluding hydrogens is 444 g/mol. The van der Waals surface area contributed by atoms with Crippen LogP contribution in [0, 0.1) is 0 Å². The van der Waals surface area contributed by atoms with Crippen molar-refractivity contribution in [2.75, 3.05) is 10.6 Å². The minimum atomic E-state index is -4.67. The second-order valence-electron chi connectivity index (χ2n) is 7.05. The predicted molar refractivity (Wildman–Crippen MR) is 132 cm³/mol. The Balaban J connectivity index is 0.000000132. The van der Waals surface area contributed by atoms with Crippen LogP contribution in [0.2, 0.25) is 0 Å². The molecule has 0 atom stereocenters. The Labute approximate surface area is 189 Å². The van der Waals surface area contributed by atoms with E-state index < -0.39 is 10.4 Å².